The second kappa shape index (κ2) is 8.34. The largest absolute Gasteiger partial charge is 0.427 e. The lowest BCUT2D eigenvalue weighted by Gasteiger charge is -2.10. The number of pyridine rings is 1. The van der Waals surface area contributed by atoms with Crippen molar-refractivity contribution in [1.82, 2.24) is 9.55 Å². The zero-order valence-corrected chi connectivity index (χ0v) is 16.1. The van der Waals surface area contributed by atoms with Gasteiger partial charge < -0.3 is 9.30 Å². The van der Waals surface area contributed by atoms with Gasteiger partial charge in [0.15, 0.2) is 0 Å². The van der Waals surface area contributed by atoms with Crippen molar-refractivity contribution in [3.8, 4) is 11.4 Å². The van der Waals surface area contributed by atoms with Crippen LogP contribution in [0, 0.1) is 24.0 Å². The summed E-state index contributed by atoms with van der Waals surface area (Å²) in [5, 5.41) is 14.8. The number of hydrogen-bond acceptors (Lipinski definition) is 7. The minimum atomic E-state index is -0.506. The van der Waals surface area contributed by atoms with E-state index in [4.69, 9.17) is 4.74 Å². The highest BCUT2D eigenvalue weighted by molar-refractivity contribution is 5.82. The molecule has 0 aliphatic carbocycles. The van der Waals surface area contributed by atoms with Crippen LogP contribution >= 0.6 is 0 Å². The number of nitrogens with one attached hydrogen (secondary N) is 1. The minimum absolute atomic E-state index is 0.0807. The summed E-state index contributed by atoms with van der Waals surface area (Å²) < 4.78 is 7.12. The average molecular weight is 393 g/mol. The molecule has 2 heterocycles. The van der Waals surface area contributed by atoms with E-state index in [1.54, 1.807) is 18.3 Å². The normalized spacial score (nSPS) is 10.9. The number of carbonyl (C=O) groups excluding carboxylic acids is 1. The van der Waals surface area contributed by atoms with Gasteiger partial charge in [-0.15, -0.1) is 0 Å². The first-order valence-electron chi connectivity index (χ1n) is 8.72. The molecule has 1 aromatic carbocycles. The molecular weight excluding hydrogens is 374 g/mol. The second-order valence-electron chi connectivity index (χ2n) is 6.28. The first-order valence-corrected chi connectivity index (χ1v) is 8.72. The number of rotatable bonds is 6. The fourth-order valence-corrected chi connectivity index (χ4v) is 2.87. The summed E-state index contributed by atoms with van der Waals surface area (Å²) in [7, 11) is 0. The van der Waals surface area contributed by atoms with Crippen LogP contribution in [0.15, 0.2) is 53.8 Å². The third-order valence-electron chi connectivity index (χ3n) is 4.17. The van der Waals surface area contributed by atoms with E-state index >= 15 is 0 Å². The van der Waals surface area contributed by atoms with Crippen molar-refractivity contribution in [3.05, 3.63) is 75.7 Å². The number of carbonyl (C=O) groups is 1. The summed E-state index contributed by atoms with van der Waals surface area (Å²) in [5.41, 5.74) is 6.50. The fourth-order valence-electron chi connectivity index (χ4n) is 2.87. The van der Waals surface area contributed by atoms with E-state index in [0.29, 0.717) is 11.6 Å². The molecule has 0 unspecified atom stereocenters. The molecule has 0 saturated heterocycles. The van der Waals surface area contributed by atoms with Crippen LogP contribution in [0.25, 0.3) is 5.69 Å². The number of nitro groups is 1. The van der Waals surface area contributed by atoms with Gasteiger partial charge in [-0.3, -0.25) is 20.3 Å². The summed E-state index contributed by atoms with van der Waals surface area (Å²) in [6, 6.07) is 12.1. The van der Waals surface area contributed by atoms with Gasteiger partial charge in [-0.2, -0.15) is 5.10 Å². The number of benzene rings is 1. The van der Waals surface area contributed by atoms with Gasteiger partial charge in [-0.1, -0.05) is 0 Å². The van der Waals surface area contributed by atoms with Crippen molar-refractivity contribution in [3.63, 3.8) is 0 Å². The highest BCUT2D eigenvalue weighted by Crippen LogP contribution is 2.22. The monoisotopic (exact) mass is 393 g/mol. The molecule has 3 rings (SSSR count). The molecule has 1 N–H and O–H groups in total. The standard InChI is InChI=1S/C20H19N5O4/c1-13-10-16(11-22-23-20-9-6-18(12-21-20)25(27)28)14(2)24(13)17-4-7-19(8-5-17)29-15(3)26/h4-12H,1-3H3,(H,21,23)/b22-11+. The van der Waals surface area contributed by atoms with Gasteiger partial charge >= 0.3 is 5.97 Å². The van der Waals surface area contributed by atoms with Crippen molar-refractivity contribution >= 4 is 23.7 Å². The Morgan fingerprint density at radius 1 is 1.24 bits per heavy atom. The van der Waals surface area contributed by atoms with E-state index in [0.717, 1.165) is 22.6 Å². The second-order valence-corrected chi connectivity index (χ2v) is 6.28. The summed E-state index contributed by atoms with van der Waals surface area (Å²) in [6.45, 7) is 5.31. The Kier molecular flexibility index (Phi) is 5.68. The Bertz CT molecular complexity index is 1070. The Labute approximate surface area is 166 Å². The van der Waals surface area contributed by atoms with Gasteiger partial charge in [-0.05, 0) is 50.2 Å². The lowest BCUT2D eigenvalue weighted by Crippen LogP contribution is -2.03. The SMILES string of the molecule is CC(=O)Oc1ccc(-n2c(C)cc(/C=N/Nc3ccc([N+](=O)[O-])cn3)c2C)cc1. The molecule has 0 fully saturated rings. The quantitative estimate of drug-likeness (QED) is 0.224. The maximum atomic E-state index is 11.0. The van der Waals surface area contributed by atoms with Gasteiger partial charge in [-0.25, -0.2) is 4.98 Å². The van der Waals surface area contributed by atoms with Crippen LogP contribution in [0.5, 0.6) is 5.75 Å². The summed E-state index contributed by atoms with van der Waals surface area (Å²) in [6.07, 6.45) is 2.83. The molecule has 0 radical (unpaired) electrons. The molecule has 0 aliphatic rings. The van der Waals surface area contributed by atoms with Crippen molar-refractivity contribution < 1.29 is 14.5 Å². The number of ether oxygens (including phenoxy) is 1. The molecule has 0 aliphatic heterocycles. The molecule has 0 amide bonds. The number of hydrogen-bond donors (Lipinski definition) is 1. The van der Waals surface area contributed by atoms with E-state index in [9.17, 15) is 14.9 Å². The molecule has 2 aromatic heterocycles. The van der Waals surface area contributed by atoms with Gasteiger partial charge in [0.25, 0.3) is 5.69 Å². The summed E-state index contributed by atoms with van der Waals surface area (Å²) in [5.74, 6) is 0.534. The Morgan fingerprint density at radius 3 is 2.55 bits per heavy atom. The van der Waals surface area contributed by atoms with E-state index in [1.165, 1.54) is 25.3 Å². The molecule has 0 bridgehead atoms. The number of hydrazone groups is 1. The molecule has 29 heavy (non-hydrogen) atoms. The molecular formula is C20H19N5O4. The Morgan fingerprint density at radius 2 is 1.97 bits per heavy atom. The predicted octanol–water partition coefficient (Wildman–Crippen LogP) is 3.77. The van der Waals surface area contributed by atoms with E-state index in [-0.39, 0.29) is 11.7 Å². The molecule has 0 saturated carbocycles. The molecule has 0 spiro atoms. The molecule has 9 heteroatoms. The van der Waals surface area contributed by atoms with Crippen molar-refractivity contribution in [2.45, 2.75) is 20.8 Å². The van der Waals surface area contributed by atoms with E-state index in [1.807, 2.05) is 32.0 Å². The average Bonchev–Trinajstić information content (AvgIpc) is 2.96. The Hall–Kier alpha value is -4.01. The zero-order chi connectivity index (χ0) is 21.0. The van der Waals surface area contributed by atoms with E-state index in [2.05, 4.69) is 20.1 Å². The van der Waals surface area contributed by atoms with Gasteiger partial charge in [0.1, 0.15) is 17.8 Å². The van der Waals surface area contributed by atoms with E-state index < -0.39 is 4.92 Å². The number of nitrogens with zero attached hydrogens (tertiary/aromatic N) is 4. The van der Waals surface area contributed by atoms with Crippen LogP contribution < -0.4 is 10.2 Å². The van der Waals surface area contributed by atoms with Gasteiger partial charge in [0.05, 0.1) is 11.1 Å². The van der Waals surface area contributed by atoms with Crippen LogP contribution in [0.2, 0.25) is 0 Å². The first-order chi connectivity index (χ1) is 13.8. The van der Waals surface area contributed by atoms with Crippen LogP contribution in [0.4, 0.5) is 11.5 Å². The maximum absolute atomic E-state index is 11.0. The highest BCUT2D eigenvalue weighted by atomic mass is 16.6. The summed E-state index contributed by atoms with van der Waals surface area (Å²) in [4.78, 5) is 25.1. The van der Waals surface area contributed by atoms with Crippen molar-refractivity contribution in [2.24, 2.45) is 5.10 Å². The molecule has 0 atom stereocenters. The van der Waals surface area contributed by atoms with Crippen LogP contribution in [-0.4, -0.2) is 26.7 Å². The van der Waals surface area contributed by atoms with Gasteiger partial charge in [0.2, 0.25) is 0 Å². The molecule has 9 nitrogen and oxygen atoms in total. The third-order valence-corrected chi connectivity index (χ3v) is 4.17. The fraction of sp³-hybridized carbons (Fsp3) is 0.150. The number of esters is 1. The Balaban J connectivity index is 1.75. The van der Waals surface area contributed by atoms with Crippen molar-refractivity contribution in [2.75, 3.05) is 5.43 Å². The van der Waals surface area contributed by atoms with Crippen molar-refractivity contribution in [1.29, 1.82) is 0 Å². The maximum Gasteiger partial charge on any atom is 0.308 e. The minimum Gasteiger partial charge on any atom is -0.427 e. The van der Waals surface area contributed by atoms with Crippen LogP contribution in [0.3, 0.4) is 0 Å². The topological polar surface area (TPSA) is 112 Å². The first kappa shape index (κ1) is 19.7. The zero-order valence-electron chi connectivity index (χ0n) is 16.1. The van der Waals surface area contributed by atoms with Crippen LogP contribution in [-0.2, 0) is 4.79 Å². The molecule has 3 aromatic rings. The number of aryl methyl sites for hydroxylation is 1. The number of aromatic nitrogens is 2. The smallest absolute Gasteiger partial charge is 0.308 e. The van der Waals surface area contributed by atoms with Gasteiger partial charge in [0, 0.05) is 35.6 Å². The third kappa shape index (κ3) is 4.64. The predicted molar refractivity (Wildman–Crippen MR) is 109 cm³/mol. The van der Waals surface area contributed by atoms with Crippen LogP contribution in [0.1, 0.15) is 23.9 Å². The molecule has 148 valence electrons. The number of anilines is 1. The lowest BCUT2D eigenvalue weighted by atomic mass is 10.2. The summed E-state index contributed by atoms with van der Waals surface area (Å²) >= 11 is 0. The lowest BCUT2D eigenvalue weighted by molar-refractivity contribution is -0.385. The highest BCUT2D eigenvalue weighted by Gasteiger charge is 2.10.